The van der Waals surface area contributed by atoms with Crippen LogP contribution in [-0.2, 0) is 6.42 Å². The molecule has 5 nitrogen and oxygen atoms in total. The Hall–Kier alpha value is -2.38. The number of aromatic hydroxyl groups is 1. The molecule has 0 saturated carbocycles. The van der Waals surface area contributed by atoms with Gasteiger partial charge < -0.3 is 10.0 Å². The summed E-state index contributed by atoms with van der Waals surface area (Å²) in [5.74, 6) is 0.836. The standard InChI is InChI=1S/C20H17BrN4OS/c1-12-22-20-25(23-12)19(26)18(27-20)17(14-6-8-15(21)9-7-14)24-11-10-13-4-2-3-5-16(13)24/h2-9,17,26H,10-11H2,1H3. The van der Waals surface area contributed by atoms with E-state index in [0.29, 0.717) is 5.82 Å². The third-order valence-corrected chi connectivity index (χ3v) is 6.58. The summed E-state index contributed by atoms with van der Waals surface area (Å²) in [4.78, 5) is 8.39. The van der Waals surface area contributed by atoms with Gasteiger partial charge in [0.25, 0.3) is 0 Å². The van der Waals surface area contributed by atoms with Crippen LogP contribution in [0.2, 0.25) is 0 Å². The molecule has 0 spiro atoms. The average molecular weight is 441 g/mol. The maximum atomic E-state index is 10.9. The minimum Gasteiger partial charge on any atom is -0.492 e. The van der Waals surface area contributed by atoms with Crippen molar-refractivity contribution in [3.8, 4) is 5.88 Å². The Labute approximate surface area is 169 Å². The zero-order chi connectivity index (χ0) is 18.5. The second-order valence-electron chi connectivity index (χ2n) is 6.67. The third kappa shape index (κ3) is 2.73. The number of rotatable bonds is 3. The van der Waals surface area contributed by atoms with Crippen molar-refractivity contribution in [2.24, 2.45) is 0 Å². The molecule has 136 valence electrons. The molecule has 3 heterocycles. The fourth-order valence-corrected chi connectivity index (χ4v) is 5.18. The Morgan fingerprint density at radius 3 is 2.70 bits per heavy atom. The number of halogens is 1. The van der Waals surface area contributed by atoms with Crippen molar-refractivity contribution in [3.05, 3.63) is 74.8 Å². The van der Waals surface area contributed by atoms with Gasteiger partial charge in [-0.25, -0.2) is 4.98 Å². The van der Waals surface area contributed by atoms with Gasteiger partial charge in [0.05, 0.1) is 10.9 Å². The maximum Gasteiger partial charge on any atom is 0.230 e. The van der Waals surface area contributed by atoms with Crippen LogP contribution in [0, 0.1) is 6.92 Å². The van der Waals surface area contributed by atoms with Gasteiger partial charge in [0.1, 0.15) is 5.82 Å². The molecule has 0 aliphatic carbocycles. The molecular formula is C20H17BrN4OS. The molecule has 1 atom stereocenters. The lowest BCUT2D eigenvalue weighted by atomic mass is 10.0. The van der Waals surface area contributed by atoms with Crippen LogP contribution in [0.1, 0.15) is 27.9 Å². The number of thiazole rings is 1. The van der Waals surface area contributed by atoms with E-state index >= 15 is 0 Å². The van der Waals surface area contributed by atoms with Gasteiger partial charge in [-0.3, -0.25) is 0 Å². The van der Waals surface area contributed by atoms with Crippen molar-refractivity contribution in [1.82, 2.24) is 14.6 Å². The van der Waals surface area contributed by atoms with Crippen LogP contribution < -0.4 is 4.90 Å². The van der Waals surface area contributed by atoms with Crippen LogP contribution in [0.4, 0.5) is 5.69 Å². The lowest BCUT2D eigenvalue weighted by Gasteiger charge is -2.30. The summed E-state index contributed by atoms with van der Waals surface area (Å²) in [6, 6.07) is 16.7. The van der Waals surface area contributed by atoms with Gasteiger partial charge in [0.15, 0.2) is 0 Å². The highest BCUT2D eigenvalue weighted by molar-refractivity contribution is 9.10. The Balaban J connectivity index is 1.70. The van der Waals surface area contributed by atoms with E-state index < -0.39 is 0 Å². The van der Waals surface area contributed by atoms with E-state index in [9.17, 15) is 5.11 Å². The second kappa shape index (κ2) is 6.35. The van der Waals surface area contributed by atoms with Crippen molar-refractivity contribution < 1.29 is 5.11 Å². The summed E-state index contributed by atoms with van der Waals surface area (Å²) in [7, 11) is 0. The van der Waals surface area contributed by atoms with Crippen LogP contribution in [0.3, 0.4) is 0 Å². The predicted molar refractivity (Wildman–Crippen MR) is 111 cm³/mol. The molecular weight excluding hydrogens is 424 g/mol. The molecule has 7 heteroatoms. The summed E-state index contributed by atoms with van der Waals surface area (Å²) < 4.78 is 2.58. The Morgan fingerprint density at radius 1 is 1.15 bits per heavy atom. The number of para-hydroxylation sites is 1. The van der Waals surface area contributed by atoms with Crippen molar-refractivity contribution in [2.45, 2.75) is 19.4 Å². The molecule has 1 N–H and O–H groups in total. The Bertz CT molecular complexity index is 1130. The van der Waals surface area contributed by atoms with E-state index in [2.05, 4.69) is 67.3 Å². The van der Waals surface area contributed by atoms with Crippen molar-refractivity contribution in [3.63, 3.8) is 0 Å². The van der Waals surface area contributed by atoms with Gasteiger partial charge in [0.2, 0.25) is 10.8 Å². The third-order valence-electron chi connectivity index (χ3n) is 4.97. The first kappa shape index (κ1) is 16.8. The van der Waals surface area contributed by atoms with Gasteiger partial charge in [0, 0.05) is 16.7 Å². The number of anilines is 1. The summed E-state index contributed by atoms with van der Waals surface area (Å²) >= 11 is 5.02. The molecule has 2 aromatic carbocycles. The van der Waals surface area contributed by atoms with Gasteiger partial charge in [-0.05, 0) is 42.7 Å². The van der Waals surface area contributed by atoms with Crippen LogP contribution in [0.5, 0.6) is 5.88 Å². The van der Waals surface area contributed by atoms with Gasteiger partial charge in [-0.1, -0.05) is 57.6 Å². The van der Waals surface area contributed by atoms with Crippen molar-refractivity contribution >= 4 is 37.9 Å². The largest absolute Gasteiger partial charge is 0.492 e. The monoisotopic (exact) mass is 440 g/mol. The van der Waals surface area contributed by atoms with E-state index in [0.717, 1.165) is 32.8 Å². The SMILES string of the molecule is Cc1nc2sc(C(c3ccc(Br)cc3)N3CCc4ccccc43)c(O)n2n1. The van der Waals surface area contributed by atoms with E-state index in [1.165, 1.54) is 22.6 Å². The fourth-order valence-electron chi connectivity index (χ4n) is 3.78. The van der Waals surface area contributed by atoms with E-state index in [1.807, 2.05) is 19.1 Å². The Kier molecular flexibility index (Phi) is 3.94. The molecule has 0 fully saturated rings. The summed E-state index contributed by atoms with van der Waals surface area (Å²) in [6.07, 6.45) is 1.00. The smallest absolute Gasteiger partial charge is 0.230 e. The number of nitrogens with zero attached hydrogens (tertiary/aromatic N) is 4. The zero-order valence-corrected chi connectivity index (χ0v) is 17.0. The number of aromatic nitrogens is 3. The van der Waals surface area contributed by atoms with Crippen LogP contribution >= 0.6 is 27.3 Å². The first-order chi connectivity index (χ1) is 13.1. The van der Waals surface area contributed by atoms with Crippen molar-refractivity contribution in [2.75, 3.05) is 11.4 Å². The van der Waals surface area contributed by atoms with E-state index in [1.54, 1.807) is 4.52 Å². The van der Waals surface area contributed by atoms with E-state index in [-0.39, 0.29) is 11.9 Å². The van der Waals surface area contributed by atoms with Gasteiger partial charge in [-0.2, -0.15) is 4.52 Å². The zero-order valence-electron chi connectivity index (χ0n) is 14.6. The minimum absolute atomic E-state index is 0.0874. The van der Waals surface area contributed by atoms with Crippen molar-refractivity contribution in [1.29, 1.82) is 0 Å². The molecule has 1 aliphatic rings. The van der Waals surface area contributed by atoms with Gasteiger partial charge >= 0.3 is 0 Å². The molecule has 0 amide bonds. The topological polar surface area (TPSA) is 53.7 Å². The van der Waals surface area contributed by atoms with E-state index in [4.69, 9.17) is 0 Å². The lowest BCUT2D eigenvalue weighted by Crippen LogP contribution is -2.27. The summed E-state index contributed by atoms with van der Waals surface area (Å²) in [5.41, 5.74) is 3.70. The normalized spacial score (nSPS) is 14.7. The Morgan fingerprint density at radius 2 is 1.93 bits per heavy atom. The van der Waals surface area contributed by atoms with Gasteiger partial charge in [-0.15, -0.1) is 5.10 Å². The minimum atomic E-state index is -0.0874. The molecule has 2 aromatic heterocycles. The summed E-state index contributed by atoms with van der Waals surface area (Å²) in [5, 5.41) is 15.3. The van der Waals surface area contributed by atoms with Crippen LogP contribution in [0.25, 0.3) is 4.96 Å². The highest BCUT2D eigenvalue weighted by Crippen LogP contribution is 2.44. The number of benzene rings is 2. The molecule has 4 aromatic rings. The highest BCUT2D eigenvalue weighted by atomic mass is 79.9. The highest BCUT2D eigenvalue weighted by Gasteiger charge is 2.33. The lowest BCUT2D eigenvalue weighted by molar-refractivity contribution is 0.430. The fraction of sp³-hybridized carbons (Fsp3) is 0.200. The number of aryl methyl sites for hydroxylation is 1. The molecule has 5 rings (SSSR count). The van der Waals surface area contributed by atoms with Crippen LogP contribution in [-0.4, -0.2) is 26.2 Å². The molecule has 1 unspecified atom stereocenters. The number of hydrogen-bond acceptors (Lipinski definition) is 5. The first-order valence-electron chi connectivity index (χ1n) is 8.77. The first-order valence-corrected chi connectivity index (χ1v) is 10.4. The molecule has 1 aliphatic heterocycles. The number of hydrogen-bond donors (Lipinski definition) is 1. The molecule has 27 heavy (non-hydrogen) atoms. The number of fused-ring (bicyclic) bond motifs is 2. The molecule has 0 saturated heterocycles. The predicted octanol–water partition coefficient (Wildman–Crippen LogP) is 4.72. The molecule has 0 radical (unpaired) electrons. The molecule has 0 bridgehead atoms. The van der Waals surface area contributed by atoms with Crippen LogP contribution in [0.15, 0.2) is 53.0 Å². The maximum absolute atomic E-state index is 10.9. The second-order valence-corrected chi connectivity index (χ2v) is 8.59. The average Bonchev–Trinajstić information content (AvgIpc) is 3.33. The quantitative estimate of drug-likeness (QED) is 0.500. The summed E-state index contributed by atoms with van der Waals surface area (Å²) in [6.45, 7) is 2.74.